The minimum atomic E-state index is -0.843. The second-order valence-corrected chi connectivity index (χ2v) is 13.0. The third-order valence-electron chi connectivity index (χ3n) is 2.88. The molecule has 0 saturated carbocycles. The van der Waals surface area contributed by atoms with E-state index < -0.39 is 8.09 Å². The summed E-state index contributed by atoms with van der Waals surface area (Å²) < 4.78 is 0. The van der Waals surface area contributed by atoms with Crippen LogP contribution in [0.25, 0.3) is 0 Å². The molecule has 0 atom stereocenters. The monoisotopic (exact) mass is 306 g/mol. The second kappa shape index (κ2) is 14.5. The standard InChI is InChI=1S/C13H30S3.Na.H/c1-3-4-5-6-7-8-9-10-11-12-13-16(2,14)15;;/h14-15H,3-13H2,1-2H3;;. The first-order valence-electron chi connectivity index (χ1n) is 6.77. The number of unbranched alkanes of at least 4 members (excludes halogenated alkanes) is 9. The van der Waals surface area contributed by atoms with Crippen LogP contribution < -0.4 is 0 Å². The number of hydrogen-bond donors (Lipinski definition) is 2. The fourth-order valence-electron chi connectivity index (χ4n) is 1.86. The molecule has 102 valence electrons. The fourth-order valence-corrected chi connectivity index (χ4v) is 3.39. The molecule has 0 rings (SSSR count). The molecule has 0 aliphatic carbocycles. The summed E-state index contributed by atoms with van der Waals surface area (Å²) in [6.45, 7) is 2.28. The van der Waals surface area contributed by atoms with Crippen molar-refractivity contribution in [1.29, 1.82) is 0 Å². The van der Waals surface area contributed by atoms with E-state index in [0.29, 0.717) is 0 Å². The zero-order chi connectivity index (χ0) is 12.3. The molecule has 0 fully saturated rings. The normalized spacial score (nSPS) is 12.2. The summed E-state index contributed by atoms with van der Waals surface area (Å²) >= 11 is 8.99. The van der Waals surface area contributed by atoms with E-state index in [2.05, 4.69) is 36.5 Å². The molecule has 0 unspecified atom stereocenters. The van der Waals surface area contributed by atoms with Gasteiger partial charge in [-0.25, -0.2) is 0 Å². The van der Waals surface area contributed by atoms with Crippen LogP contribution in [0, 0.1) is 0 Å². The molecule has 0 aliphatic rings. The van der Waals surface area contributed by atoms with Gasteiger partial charge in [0.1, 0.15) is 0 Å². The van der Waals surface area contributed by atoms with E-state index in [-0.39, 0.29) is 29.6 Å². The Balaban J connectivity index is 0. The van der Waals surface area contributed by atoms with Crippen molar-refractivity contribution in [3.8, 4) is 0 Å². The third kappa shape index (κ3) is 20.5. The Bertz CT molecular complexity index is 146. The topological polar surface area (TPSA) is 0 Å². The van der Waals surface area contributed by atoms with Gasteiger partial charge in [-0.3, -0.25) is 0 Å². The van der Waals surface area contributed by atoms with Gasteiger partial charge in [-0.1, -0.05) is 64.7 Å². The quantitative estimate of drug-likeness (QED) is 0.218. The molecule has 17 heavy (non-hydrogen) atoms. The van der Waals surface area contributed by atoms with Gasteiger partial charge < -0.3 is 0 Å². The Kier molecular flexibility index (Phi) is 18.2. The molecular formula is C13H31NaS3. The predicted octanol–water partition coefficient (Wildman–Crippen LogP) is 5.38. The number of thiol groups is 2. The van der Waals surface area contributed by atoms with E-state index in [1.54, 1.807) is 0 Å². The average molecular weight is 307 g/mol. The van der Waals surface area contributed by atoms with Crippen LogP contribution in [0.4, 0.5) is 0 Å². The van der Waals surface area contributed by atoms with Gasteiger partial charge in [-0.2, -0.15) is 8.09 Å². The van der Waals surface area contributed by atoms with E-state index in [0.717, 1.165) is 0 Å². The molecule has 0 radical (unpaired) electrons. The molecule has 0 N–H and O–H groups in total. The molecular weight excluding hydrogens is 275 g/mol. The van der Waals surface area contributed by atoms with Crippen LogP contribution in [0.15, 0.2) is 0 Å². The van der Waals surface area contributed by atoms with Gasteiger partial charge in [0.15, 0.2) is 0 Å². The van der Waals surface area contributed by atoms with Gasteiger partial charge in [0, 0.05) is 0 Å². The summed E-state index contributed by atoms with van der Waals surface area (Å²) in [6.07, 6.45) is 16.2. The van der Waals surface area contributed by atoms with Crippen LogP contribution in [0.5, 0.6) is 0 Å². The molecule has 0 spiro atoms. The first-order valence-corrected chi connectivity index (χ1v) is 11.1. The van der Waals surface area contributed by atoms with Crippen molar-refractivity contribution < 1.29 is 0 Å². The predicted molar refractivity (Wildman–Crippen MR) is 95.3 cm³/mol. The Morgan fingerprint density at radius 1 is 0.706 bits per heavy atom. The van der Waals surface area contributed by atoms with Crippen LogP contribution in [0.2, 0.25) is 0 Å². The molecule has 0 aromatic rings. The molecule has 0 aromatic carbocycles. The number of hydrogen-bond acceptors (Lipinski definition) is 2. The van der Waals surface area contributed by atoms with Crippen molar-refractivity contribution in [1.82, 2.24) is 0 Å². The Morgan fingerprint density at radius 2 is 1.06 bits per heavy atom. The summed E-state index contributed by atoms with van der Waals surface area (Å²) in [5.41, 5.74) is 0. The molecule has 0 aliphatic heterocycles. The zero-order valence-corrected chi connectivity index (χ0v) is 13.7. The Labute approximate surface area is 143 Å². The van der Waals surface area contributed by atoms with Crippen molar-refractivity contribution in [2.75, 3.05) is 12.0 Å². The molecule has 0 saturated heterocycles. The molecule has 4 heteroatoms. The van der Waals surface area contributed by atoms with E-state index in [4.69, 9.17) is 0 Å². The Hall–Kier alpha value is 2.05. The third-order valence-corrected chi connectivity index (χ3v) is 5.04. The van der Waals surface area contributed by atoms with Crippen LogP contribution in [-0.4, -0.2) is 41.6 Å². The van der Waals surface area contributed by atoms with E-state index >= 15 is 0 Å². The summed E-state index contributed by atoms with van der Waals surface area (Å²) in [5.74, 6) is 1.20. The van der Waals surface area contributed by atoms with E-state index in [1.807, 2.05) is 0 Å². The van der Waals surface area contributed by atoms with Gasteiger partial charge in [-0.05, 0) is 18.4 Å². The molecule has 0 nitrogen and oxygen atoms in total. The SMILES string of the molecule is CCCCCCCCCCCCS(C)(S)S.[NaH]. The fraction of sp³-hybridized carbons (Fsp3) is 1.00. The first kappa shape index (κ1) is 21.4. The van der Waals surface area contributed by atoms with Gasteiger partial charge in [0.25, 0.3) is 0 Å². The molecule has 0 heterocycles. The van der Waals surface area contributed by atoms with Crippen LogP contribution >= 0.6 is 31.4 Å². The van der Waals surface area contributed by atoms with E-state index in [1.165, 1.54) is 70.0 Å². The van der Waals surface area contributed by atoms with Crippen molar-refractivity contribution in [2.45, 2.75) is 71.1 Å². The van der Waals surface area contributed by atoms with Crippen LogP contribution in [0.3, 0.4) is 0 Å². The minimum absolute atomic E-state index is 0. The maximum atomic E-state index is 4.49. The molecule has 0 aromatic heterocycles. The number of rotatable bonds is 11. The van der Waals surface area contributed by atoms with Gasteiger partial charge in [0.05, 0.1) is 0 Å². The Morgan fingerprint density at radius 3 is 1.41 bits per heavy atom. The summed E-state index contributed by atoms with van der Waals surface area (Å²) in [4.78, 5) is 0. The summed E-state index contributed by atoms with van der Waals surface area (Å²) in [5, 5.41) is 0. The summed E-state index contributed by atoms with van der Waals surface area (Å²) in [7, 11) is -0.843. The van der Waals surface area contributed by atoms with Gasteiger partial charge in [0.2, 0.25) is 0 Å². The maximum absolute atomic E-state index is 4.49. The second-order valence-electron chi connectivity index (χ2n) is 4.88. The first-order chi connectivity index (χ1) is 7.56. The van der Waals surface area contributed by atoms with Crippen molar-refractivity contribution >= 4 is 61.0 Å². The van der Waals surface area contributed by atoms with Gasteiger partial charge in [-0.15, -0.1) is 23.3 Å². The van der Waals surface area contributed by atoms with E-state index in [9.17, 15) is 0 Å². The zero-order valence-electron chi connectivity index (χ0n) is 11.1. The molecule has 0 amide bonds. The van der Waals surface area contributed by atoms with Crippen molar-refractivity contribution in [3.63, 3.8) is 0 Å². The van der Waals surface area contributed by atoms with Crippen molar-refractivity contribution in [3.05, 3.63) is 0 Å². The van der Waals surface area contributed by atoms with Crippen LogP contribution in [-0.2, 0) is 0 Å². The summed E-state index contributed by atoms with van der Waals surface area (Å²) in [6, 6.07) is 0. The average Bonchev–Trinajstić information content (AvgIpc) is 2.19. The van der Waals surface area contributed by atoms with Crippen LogP contribution in [0.1, 0.15) is 71.1 Å². The molecule has 0 bridgehead atoms. The van der Waals surface area contributed by atoms with Gasteiger partial charge >= 0.3 is 29.6 Å². The van der Waals surface area contributed by atoms with Crippen molar-refractivity contribution in [2.24, 2.45) is 0 Å².